The summed E-state index contributed by atoms with van der Waals surface area (Å²) >= 11 is 0. The first-order valence-electron chi connectivity index (χ1n) is 5.59. The summed E-state index contributed by atoms with van der Waals surface area (Å²) in [6.45, 7) is 4.69. The van der Waals surface area contributed by atoms with Crippen molar-refractivity contribution in [2.75, 3.05) is 0 Å². The van der Waals surface area contributed by atoms with E-state index in [0.717, 1.165) is 0 Å². The fourth-order valence-electron chi connectivity index (χ4n) is 3.13. The molecule has 0 radical (unpaired) electrons. The average Bonchev–Trinajstić information content (AvgIpc) is 2.12. The molecule has 1 heteroatoms. The molecule has 0 aromatic heterocycles. The number of nitrogens with two attached hydrogens (primary N) is 1. The van der Waals surface area contributed by atoms with Gasteiger partial charge in [0.15, 0.2) is 0 Å². The zero-order valence-electron chi connectivity index (χ0n) is 8.90. The molecule has 74 valence electrons. The third-order valence-corrected chi connectivity index (χ3v) is 4.17. The molecule has 1 fully saturated rings. The van der Waals surface area contributed by atoms with Gasteiger partial charge >= 0.3 is 0 Å². The summed E-state index contributed by atoms with van der Waals surface area (Å²) in [6.07, 6.45) is 8.03. The Morgan fingerprint density at radius 2 is 2.08 bits per heavy atom. The van der Waals surface area contributed by atoms with Crippen LogP contribution in [0.4, 0.5) is 0 Å². The van der Waals surface area contributed by atoms with Gasteiger partial charge in [-0.3, -0.25) is 0 Å². The Morgan fingerprint density at radius 3 is 2.85 bits per heavy atom. The second-order valence-electron chi connectivity index (χ2n) is 5.07. The summed E-state index contributed by atoms with van der Waals surface area (Å²) in [7, 11) is 0. The van der Waals surface area contributed by atoms with Gasteiger partial charge in [0.2, 0.25) is 0 Å². The molecule has 0 heterocycles. The minimum absolute atomic E-state index is 0.362. The first kappa shape index (κ1) is 9.26. The summed E-state index contributed by atoms with van der Waals surface area (Å²) in [5.41, 5.74) is 9.83. The van der Waals surface area contributed by atoms with Crippen LogP contribution in [0.5, 0.6) is 0 Å². The first-order chi connectivity index (χ1) is 6.13. The highest BCUT2D eigenvalue weighted by Crippen LogP contribution is 2.48. The molecule has 0 bridgehead atoms. The van der Waals surface area contributed by atoms with Crippen molar-refractivity contribution >= 4 is 0 Å². The SMILES string of the molecule is CC1=C2CCCCC2(C)CCC1N. The normalized spacial score (nSPS) is 40.4. The van der Waals surface area contributed by atoms with E-state index in [9.17, 15) is 0 Å². The minimum Gasteiger partial charge on any atom is -0.324 e. The average molecular weight is 179 g/mol. The zero-order valence-corrected chi connectivity index (χ0v) is 8.90. The maximum Gasteiger partial charge on any atom is 0.0254 e. The topological polar surface area (TPSA) is 26.0 Å². The highest BCUT2D eigenvalue weighted by atomic mass is 14.7. The van der Waals surface area contributed by atoms with Gasteiger partial charge in [0.05, 0.1) is 0 Å². The van der Waals surface area contributed by atoms with Crippen LogP contribution in [-0.2, 0) is 0 Å². The molecule has 0 aliphatic heterocycles. The van der Waals surface area contributed by atoms with Gasteiger partial charge in [0, 0.05) is 6.04 Å². The predicted octanol–water partition coefficient (Wildman–Crippen LogP) is 3.00. The van der Waals surface area contributed by atoms with Gasteiger partial charge in [-0.25, -0.2) is 0 Å². The molecule has 0 aromatic rings. The fourth-order valence-corrected chi connectivity index (χ4v) is 3.13. The number of fused-ring (bicyclic) bond motifs is 1. The second-order valence-corrected chi connectivity index (χ2v) is 5.07. The Labute approximate surface area is 81.4 Å². The Bertz CT molecular complexity index is 242. The highest BCUT2D eigenvalue weighted by Gasteiger charge is 2.36. The second kappa shape index (κ2) is 3.13. The molecule has 2 rings (SSSR count). The summed E-state index contributed by atoms with van der Waals surface area (Å²) in [4.78, 5) is 0. The van der Waals surface area contributed by atoms with Crippen molar-refractivity contribution in [3.05, 3.63) is 11.1 Å². The molecule has 1 saturated carbocycles. The van der Waals surface area contributed by atoms with E-state index < -0.39 is 0 Å². The molecule has 0 spiro atoms. The molecule has 2 N–H and O–H groups in total. The molecule has 0 saturated heterocycles. The standard InChI is InChI=1S/C12H21N/c1-9-10-5-3-4-7-12(10,2)8-6-11(9)13/h11H,3-8,13H2,1-2H3. The molecule has 0 amide bonds. The first-order valence-corrected chi connectivity index (χ1v) is 5.59. The van der Waals surface area contributed by atoms with Crippen LogP contribution in [-0.4, -0.2) is 6.04 Å². The molecular weight excluding hydrogens is 158 g/mol. The zero-order chi connectivity index (χ0) is 9.47. The monoisotopic (exact) mass is 179 g/mol. The van der Waals surface area contributed by atoms with Crippen molar-refractivity contribution in [3.63, 3.8) is 0 Å². The highest BCUT2D eigenvalue weighted by molar-refractivity contribution is 5.28. The molecule has 0 aromatic carbocycles. The summed E-state index contributed by atoms with van der Waals surface area (Å²) in [5, 5.41) is 0. The maximum absolute atomic E-state index is 6.09. The van der Waals surface area contributed by atoms with E-state index in [1.54, 1.807) is 5.57 Å². The fraction of sp³-hybridized carbons (Fsp3) is 0.833. The molecule has 13 heavy (non-hydrogen) atoms. The van der Waals surface area contributed by atoms with Gasteiger partial charge in [-0.2, -0.15) is 0 Å². The molecule has 2 aliphatic carbocycles. The lowest BCUT2D eigenvalue weighted by Crippen LogP contribution is -2.36. The Balaban J connectivity index is 2.35. The number of allylic oxidation sites excluding steroid dienone is 1. The van der Waals surface area contributed by atoms with Crippen LogP contribution in [0.25, 0.3) is 0 Å². The smallest absolute Gasteiger partial charge is 0.0254 e. The maximum atomic E-state index is 6.09. The molecule has 1 nitrogen and oxygen atoms in total. The summed E-state index contributed by atoms with van der Waals surface area (Å²) < 4.78 is 0. The van der Waals surface area contributed by atoms with Gasteiger partial charge < -0.3 is 5.73 Å². The minimum atomic E-state index is 0.362. The van der Waals surface area contributed by atoms with Crippen LogP contribution in [0, 0.1) is 5.41 Å². The van der Waals surface area contributed by atoms with Crippen molar-refractivity contribution < 1.29 is 0 Å². The summed E-state index contributed by atoms with van der Waals surface area (Å²) in [5.74, 6) is 0. The molecule has 2 aliphatic rings. The molecular formula is C12H21N. The van der Waals surface area contributed by atoms with Gasteiger partial charge in [-0.05, 0) is 44.4 Å². The number of hydrogen-bond acceptors (Lipinski definition) is 1. The van der Waals surface area contributed by atoms with Crippen LogP contribution in [0.2, 0.25) is 0 Å². The van der Waals surface area contributed by atoms with E-state index in [2.05, 4.69) is 13.8 Å². The van der Waals surface area contributed by atoms with Gasteiger partial charge in [0.25, 0.3) is 0 Å². The number of hydrogen-bond donors (Lipinski definition) is 1. The van der Waals surface area contributed by atoms with Gasteiger partial charge in [0.1, 0.15) is 0 Å². The third kappa shape index (κ3) is 1.43. The van der Waals surface area contributed by atoms with Crippen molar-refractivity contribution in [1.82, 2.24) is 0 Å². The third-order valence-electron chi connectivity index (χ3n) is 4.17. The van der Waals surface area contributed by atoms with E-state index in [-0.39, 0.29) is 0 Å². The Morgan fingerprint density at radius 1 is 1.31 bits per heavy atom. The van der Waals surface area contributed by atoms with Crippen LogP contribution >= 0.6 is 0 Å². The largest absolute Gasteiger partial charge is 0.324 e. The van der Waals surface area contributed by atoms with Crippen molar-refractivity contribution in [2.24, 2.45) is 11.1 Å². The van der Waals surface area contributed by atoms with Crippen molar-refractivity contribution in [2.45, 2.75) is 58.4 Å². The Hall–Kier alpha value is -0.300. The van der Waals surface area contributed by atoms with E-state index in [1.165, 1.54) is 44.1 Å². The van der Waals surface area contributed by atoms with Crippen LogP contribution < -0.4 is 5.73 Å². The van der Waals surface area contributed by atoms with Crippen LogP contribution in [0.1, 0.15) is 52.4 Å². The Kier molecular flexibility index (Phi) is 2.23. The summed E-state index contributed by atoms with van der Waals surface area (Å²) in [6, 6.07) is 0.362. The lowest BCUT2D eigenvalue weighted by Gasteiger charge is -2.43. The van der Waals surface area contributed by atoms with Crippen molar-refractivity contribution in [3.8, 4) is 0 Å². The van der Waals surface area contributed by atoms with Crippen molar-refractivity contribution in [1.29, 1.82) is 0 Å². The molecule has 2 atom stereocenters. The van der Waals surface area contributed by atoms with E-state index >= 15 is 0 Å². The lowest BCUT2D eigenvalue weighted by molar-refractivity contribution is 0.248. The number of rotatable bonds is 0. The quantitative estimate of drug-likeness (QED) is 0.568. The van der Waals surface area contributed by atoms with E-state index in [1.807, 2.05) is 0 Å². The van der Waals surface area contributed by atoms with Crippen LogP contribution in [0.15, 0.2) is 11.1 Å². The molecule has 2 unspecified atom stereocenters. The van der Waals surface area contributed by atoms with Gasteiger partial charge in [-0.1, -0.05) is 24.5 Å². The van der Waals surface area contributed by atoms with E-state index in [4.69, 9.17) is 5.73 Å². The van der Waals surface area contributed by atoms with Gasteiger partial charge in [-0.15, -0.1) is 0 Å². The lowest BCUT2D eigenvalue weighted by atomic mass is 9.63. The predicted molar refractivity (Wildman–Crippen MR) is 56.5 cm³/mol. The van der Waals surface area contributed by atoms with E-state index in [0.29, 0.717) is 11.5 Å². The van der Waals surface area contributed by atoms with Crippen LogP contribution in [0.3, 0.4) is 0 Å².